The number of anilines is 1. The van der Waals surface area contributed by atoms with E-state index in [1.165, 1.54) is 0 Å². The summed E-state index contributed by atoms with van der Waals surface area (Å²) in [6, 6.07) is 16.9. The van der Waals surface area contributed by atoms with Crippen LogP contribution in [0, 0.1) is 5.92 Å². The summed E-state index contributed by atoms with van der Waals surface area (Å²) in [5, 5.41) is 2.95. The van der Waals surface area contributed by atoms with Crippen LogP contribution in [0.15, 0.2) is 54.6 Å². The molecular weight excluding hydrogens is 356 g/mol. The lowest BCUT2D eigenvalue weighted by atomic mass is 9.87. The maximum atomic E-state index is 12.8. The lowest BCUT2D eigenvalue weighted by Crippen LogP contribution is -2.38. The molecule has 1 fully saturated rings. The van der Waals surface area contributed by atoms with Crippen LogP contribution in [-0.4, -0.2) is 38.3 Å². The van der Waals surface area contributed by atoms with Crippen molar-refractivity contribution in [2.45, 2.75) is 25.9 Å². The molecule has 0 spiro atoms. The minimum atomic E-state index is -0.388. The van der Waals surface area contributed by atoms with Crippen LogP contribution < -0.4 is 15.0 Å². The molecule has 2 aromatic rings. The van der Waals surface area contributed by atoms with E-state index in [-0.39, 0.29) is 36.5 Å². The van der Waals surface area contributed by atoms with Crippen LogP contribution in [-0.2, 0) is 9.53 Å². The topological polar surface area (TPSA) is 67.9 Å². The molecule has 2 unspecified atom stereocenters. The minimum Gasteiger partial charge on any atom is -0.497 e. The van der Waals surface area contributed by atoms with Gasteiger partial charge in [0, 0.05) is 5.69 Å². The Labute approximate surface area is 165 Å². The third-order valence-electron chi connectivity index (χ3n) is 4.87. The standard InChI is InChI=1S/C22H26N2O4/c1-15(2)20(16-9-11-18(27-3)12-10-16)21(25)23-13-19-14-24(22(26)28-19)17-7-5-4-6-8-17/h4-12,15,19-20H,13-14H2,1-3H3,(H,23,25). The Kier molecular flexibility index (Phi) is 6.19. The Balaban J connectivity index is 1.61. The molecule has 1 saturated heterocycles. The summed E-state index contributed by atoms with van der Waals surface area (Å²) in [5.41, 5.74) is 1.72. The Morgan fingerprint density at radius 2 is 1.86 bits per heavy atom. The maximum absolute atomic E-state index is 12.8. The van der Waals surface area contributed by atoms with Crippen LogP contribution in [0.5, 0.6) is 5.75 Å². The number of hydrogen-bond donors (Lipinski definition) is 1. The number of cyclic esters (lactones) is 1. The van der Waals surface area contributed by atoms with Crippen molar-refractivity contribution < 1.29 is 19.1 Å². The second-order valence-corrected chi connectivity index (χ2v) is 7.19. The summed E-state index contributed by atoms with van der Waals surface area (Å²) in [6.45, 7) is 4.73. The van der Waals surface area contributed by atoms with E-state index in [4.69, 9.17) is 9.47 Å². The van der Waals surface area contributed by atoms with E-state index in [0.717, 1.165) is 17.0 Å². The number of nitrogens with zero attached hydrogens (tertiary/aromatic N) is 1. The number of nitrogens with one attached hydrogen (secondary N) is 1. The molecule has 6 heteroatoms. The molecular formula is C22H26N2O4. The van der Waals surface area contributed by atoms with E-state index in [9.17, 15) is 9.59 Å². The molecule has 1 aliphatic rings. The molecule has 0 aromatic heterocycles. The van der Waals surface area contributed by atoms with Crippen molar-refractivity contribution in [2.75, 3.05) is 25.1 Å². The lowest BCUT2D eigenvalue weighted by Gasteiger charge is -2.22. The van der Waals surface area contributed by atoms with E-state index >= 15 is 0 Å². The smallest absolute Gasteiger partial charge is 0.414 e. The zero-order chi connectivity index (χ0) is 20.1. The third-order valence-corrected chi connectivity index (χ3v) is 4.87. The van der Waals surface area contributed by atoms with Crippen molar-refractivity contribution in [3.63, 3.8) is 0 Å². The fourth-order valence-corrected chi connectivity index (χ4v) is 3.42. The molecule has 1 heterocycles. The number of rotatable bonds is 7. The van der Waals surface area contributed by atoms with Crippen LogP contribution in [0.3, 0.4) is 0 Å². The monoisotopic (exact) mass is 382 g/mol. The molecule has 1 aliphatic heterocycles. The zero-order valence-electron chi connectivity index (χ0n) is 16.4. The van der Waals surface area contributed by atoms with Gasteiger partial charge in [0.2, 0.25) is 5.91 Å². The van der Waals surface area contributed by atoms with E-state index in [1.54, 1.807) is 12.0 Å². The second-order valence-electron chi connectivity index (χ2n) is 7.19. The summed E-state index contributed by atoms with van der Waals surface area (Å²) in [7, 11) is 1.61. The normalized spacial score (nSPS) is 17.4. The summed E-state index contributed by atoms with van der Waals surface area (Å²) in [6.07, 6.45) is -0.763. The van der Waals surface area contributed by atoms with Crippen LogP contribution in [0.25, 0.3) is 0 Å². The SMILES string of the molecule is COc1ccc(C(C(=O)NCC2CN(c3ccccc3)C(=O)O2)C(C)C)cc1. The van der Waals surface area contributed by atoms with Gasteiger partial charge in [0.05, 0.1) is 26.1 Å². The summed E-state index contributed by atoms with van der Waals surface area (Å²) in [4.78, 5) is 26.5. The molecule has 3 rings (SSSR count). The van der Waals surface area contributed by atoms with Crippen molar-refractivity contribution >= 4 is 17.7 Å². The van der Waals surface area contributed by atoms with Gasteiger partial charge < -0.3 is 14.8 Å². The quantitative estimate of drug-likeness (QED) is 0.795. The van der Waals surface area contributed by atoms with Gasteiger partial charge in [0.15, 0.2) is 0 Å². The summed E-state index contributed by atoms with van der Waals surface area (Å²) >= 11 is 0. The molecule has 1 N–H and O–H groups in total. The van der Waals surface area contributed by atoms with Gasteiger partial charge in [-0.1, -0.05) is 44.2 Å². The molecule has 2 amide bonds. The highest BCUT2D eigenvalue weighted by atomic mass is 16.6. The average Bonchev–Trinajstić information content (AvgIpc) is 3.08. The molecule has 148 valence electrons. The first kappa shape index (κ1) is 19.7. The molecule has 0 aliphatic carbocycles. The third kappa shape index (κ3) is 4.44. The number of hydrogen-bond acceptors (Lipinski definition) is 4. The van der Waals surface area contributed by atoms with Crippen LogP contribution in [0.4, 0.5) is 10.5 Å². The highest BCUT2D eigenvalue weighted by molar-refractivity contribution is 5.90. The Morgan fingerprint density at radius 3 is 2.46 bits per heavy atom. The number of amides is 2. The van der Waals surface area contributed by atoms with E-state index < -0.39 is 0 Å². The molecule has 2 aromatic carbocycles. The molecule has 28 heavy (non-hydrogen) atoms. The van der Waals surface area contributed by atoms with Gasteiger partial charge in [-0.3, -0.25) is 9.69 Å². The van der Waals surface area contributed by atoms with Gasteiger partial charge in [-0.05, 0) is 35.7 Å². The van der Waals surface area contributed by atoms with E-state index in [2.05, 4.69) is 5.32 Å². The van der Waals surface area contributed by atoms with Crippen molar-refractivity contribution in [1.82, 2.24) is 5.32 Å². The number of benzene rings is 2. The van der Waals surface area contributed by atoms with E-state index in [1.807, 2.05) is 68.4 Å². The fourth-order valence-electron chi connectivity index (χ4n) is 3.42. The van der Waals surface area contributed by atoms with Gasteiger partial charge in [-0.25, -0.2) is 4.79 Å². The zero-order valence-corrected chi connectivity index (χ0v) is 16.4. The van der Waals surface area contributed by atoms with Crippen LogP contribution >= 0.6 is 0 Å². The molecule has 0 saturated carbocycles. The highest BCUT2D eigenvalue weighted by Gasteiger charge is 2.33. The Hall–Kier alpha value is -3.02. The predicted octanol–water partition coefficient (Wildman–Crippen LogP) is 3.58. The molecule has 0 bridgehead atoms. The Bertz CT molecular complexity index is 805. The minimum absolute atomic E-state index is 0.0747. The Morgan fingerprint density at radius 1 is 1.18 bits per heavy atom. The fraction of sp³-hybridized carbons (Fsp3) is 0.364. The first-order valence-electron chi connectivity index (χ1n) is 9.44. The van der Waals surface area contributed by atoms with E-state index in [0.29, 0.717) is 6.54 Å². The molecule has 2 atom stereocenters. The number of carbonyl (C=O) groups is 2. The van der Waals surface area contributed by atoms with Crippen LogP contribution in [0.2, 0.25) is 0 Å². The van der Waals surface area contributed by atoms with Gasteiger partial charge in [-0.2, -0.15) is 0 Å². The molecule has 0 radical (unpaired) electrons. The number of para-hydroxylation sites is 1. The van der Waals surface area contributed by atoms with Crippen molar-refractivity contribution in [3.05, 3.63) is 60.2 Å². The highest BCUT2D eigenvalue weighted by Crippen LogP contribution is 2.27. The summed E-state index contributed by atoms with van der Waals surface area (Å²) < 4.78 is 10.6. The predicted molar refractivity (Wildman–Crippen MR) is 108 cm³/mol. The molecule has 6 nitrogen and oxygen atoms in total. The first-order chi connectivity index (χ1) is 13.5. The second kappa shape index (κ2) is 8.78. The first-order valence-corrected chi connectivity index (χ1v) is 9.44. The number of ether oxygens (including phenoxy) is 2. The van der Waals surface area contributed by atoms with Crippen molar-refractivity contribution in [1.29, 1.82) is 0 Å². The number of methoxy groups -OCH3 is 1. The van der Waals surface area contributed by atoms with Crippen LogP contribution in [0.1, 0.15) is 25.3 Å². The average molecular weight is 382 g/mol. The number of carbonyl (C=O) groups excluding carboxylic acids is 2. The van der Waals surface area contributed by atoms with Gasteiger partial charge >= 0.3 is 6.09 Å². The van der Waals surface area contributed by atoms with Crippen molar-refractivity contribution in [3.8, 4) is 5.75 Å². The maximum Gasteiger partial charge on any atom is 0.414 e. The largest absolute Gasteiger partial charge is 0.497 e. The van der Waals surface area contributed by atoms with Gasteiger partial charge in [0.1, 0.15) is 11.9 Å². The summed E-state index contributed by atoms with van der Waals surface area (Å²) in [5.74, 6) is 0.522. The van der Waals surface area contributed by atoms with Gasteiger partial charge in [0.25, 0.3) is 0 Å². The van der Waals surface area contributed by atoms with Gasteiger partial charge in [-0.15, -0.1) is 0 Å². The van der Waals surface area contributed by atoms with Crippen molar-refractivity contribution in [2.24, 2.45) is 5.92 Å². The lowest BCUT2D eigenvalue weighted by molar-refractivity contribution is -0.123.